The molecule has 0 aliphatic heterocycles. The normalized spacial score (nSPS) is 15.3. The molecule has 1 heterocycles. The van der Waals surface area contributed by atoms with E-state index in [1.807, 2.05) is 12.1 Å². The van der Waals surface area contributed by atoms with E-state index in [0.29, 0.717) is 0 Å². The largest absolute Gasteiger partial charge is 0.207 e. The molecule has 0 fully saturated rings. The van der Waals surface area contributed by atoms with Gasteiger partial charge in [-0.1, -0.05) is 29.4 Å². The molecule has 1 aliphatic carbocycles. The van der Waals surface area contributed by atoms with Crippen molar-refractivity contribution in [3.63, 3.8) is 0 Å². The van der Waals surface area contributed by atoms with Gasteiger partial charge in [-0.25, -0.2) is 4.39 Å². The average molecular weight is 298 g/mol. The van der Waals surface area contributed by atoms with E-state index in [9.17, 15) is 4.39 Å². The smallest absolute Gasteiger partial charge is 0.123 e. The Morgan fingerprint density at radius 1 is 1.00 bits per heavy atom. The van der Waals surface area contributed by atoms with Crippen molar-refractivity contribution in [2.24, 2.45) is 0 Å². The third-order valence-electron chi connectivity index (χ3n) is 4.02. The number of hydrogen-bond donors (Lipinski definition) is 0. The highest BCUT2D eigenvalue weighted by molar-refractivity contribution is 7.15. The van der Waals surface area contributed by atoms with Gasteiger partial charge in [0.05, 0.1) is 0 Å². The Balaban J connectivity index is 1.81. The minimum atomic E-state index is -0.181. The first-order chi connectivity index (χ1) is 10.1. The van der Waals surface area contributed by atoms with E-state index in [0.717, 1.165) is 12.0 Å². The zero-order chi connectivity index (χ0) is 14.8. The summed E-state index contributed by atoms with van der Waals surface area (Å²) in [5.41, 5.74) is 5.54. The number of benzene rings is 1. The predicted molar refractivity (Wildman–Crippen MR) is 89.1 cm³/mol. The van der Waals surface area contributed by atoms with Crippen LogP contribution in [0.15, 0.2) is 59.2 Å². The van der Waals surface area contributed by atoms with Gasteiger partial charge in [0.2, 0.25) is 0 Å². The lowest BCUT2D eigenvalue weighted by Gasteiger charge is -2.15. The Hall–Kier alpha value is -1.67. The first kappa shape index (κ1) is 14.3. The van der Waals surface area contributed by atoms with Crippen molar-refractivity contribution in [3.8, 4) is 10.4 Å². The molecule has 0 saturated carbocycles. The van der Waals surface area contributed by atoms with Crippen LogP contribution in [-0.4, -0.2) is 0 Å². The lowest BCUT2D eigenvalue weighted by atomic mass is 9.92. The monoisotopic (exact) mass is 298 g/mol. The number of halogens is 1. The topological polar surface area (TPSA) is 0 Å². The summed E-state index contributed by atoms with van der Waals surface area (Å²) >= 11 is 1.80. The van der Waals surface area contributed by atoms with Crippen LogP contribution in [0.2, 0.25) is 0 Å². The van der Waals surface area contributed by atoms with Crippen molar-refractivity contribution in [3.05, 3.63) is 69.9 Å². The second-order valence-electron chi connectivity index (χ2n) is 5.75. The summed E-state index contributed by atoms with van der Waals surface area (Å²) in [7, 11) is 0. The maximum absolute atomic E-state index is 13.0. The van der Waals surface area contributed by atoms with Gasteiger partial charge in [0.1, 0.15) is 5.82 Å². The van der Waals surface area contributed by atoms with Crippen molar-refractivity contribution in [2.75, 3.05) is 0 Å². The quantitative estimate of drug-likeness (QED) is 0.637. The summed E-state index contributed by atoms with van der Waals surface area (Å²) in [5.74, 6) is -0.181. The van der Waals surface area contributed by atoms with Crippen molar-refractivity contribution < 1.29 is 4.39 Å². The van der Waals surface area contributed by atoms with Crippen molar-refractivity contribution >= 4 is 11.3 Å². The van der Waals surface area contributed by atoms with E-state index < -0.39 is 0 Å². The van der Waals surface area contributed by atoms with Gasteiger partial charge in [0.15, 0.2) is 0 Å². The zero-order valence-electron chi connectivity index (χ0n) is 12.4. The van der Waals surface area contributed by atoms with E-state index in [1.165, 1.54) is 51.4 Å². The van der Waals surface area contributed by atoms with Crippen LogP contribution < -0.4 is 0 Å². The van der Waals surface area contributed by atoms with E-state index >= 15 is 0 Å². The number of thiophene rings is 1. The maximum Gasteiger partial charge on any atom is 0.123 e. The van der Waals surface area contributed by atoms with Gasteiger partial charge in [0, 0.05) is 16.2 Å². The lowest BCUT2D eigenvalue weighted by Crippen LogP contribution is -1.97. The van der Waals surface area contributed by atoms with Crippen LogP contribution in [0.3, 0.4) is 0 Å². The fourth-order valence-electron chi connectivity index (χ4n) is 2.67. The molecule has 0 amide bonds. The summed E-state index contributed by atoms with van der Waals surface area (Å²) in [4.78, 5) is 2.58. The molecular weight excluding hydrogens is 279 g/mol. The standard InChI is InChI=1S/C19H19FS/c1-13-3-4-14(2)16(11-13)12-18-9-10-19(21-18)15-5-7-17(20)8-6-15/h5-11H,3-4,12H2,1-2H3. The molecule has 1 aromatic heterocycles. The van der Waals surface area contributed by atoms with E-state index in [1.54, 1.807) is 11.3 Å². The molecule has 0 radical (unpaired) electrons. The molecule has 2 aromatic rings. The van der Waals surface area contributed by atoms with Gasteiger partial charge in [-0.05, 0) is 62.1 Å². The average Bonchev–Trinajstić information content (AvgIpc) is 2.92. The third-order valence-corrected chi connectivity index (χ3v) is 5.15. The van der Waals surface area contributed by atoms with Crippen LogP contribution in [0.5, 0.6) is 0 Å². The zero-order valence-corrected chi connectivity index (χ0v) is 13.3. The molecule has 0 nitrogen and oxygen atoms in total. The molecule has 1 aromatic carbocycles. The Bertz CT molecular complexity index is 701. The van der Waals surface area contributed by atoms with Crippen LogP contribution in [0.1, 0.15) is 31.6 Å². The molecule has 0 unspecified atom stereocenters. The fraction of sp³-hybridized carbons (Fsp3) is 0.263. The molecule has 0 saturated heterocycles. The van der Waals surface area contributed by atoms with E-state index in [-0.39, 0.29) is 5.82 Å². The number of hydrogen-bond acceptors (Lipinski definition) is 1. The molecule has 3 rings (SSSR count). The predicted octanol–water partition coefficient (Wildman–Crippen LogP) is 6.15. The Labute approximate surface area is 129 Å². The van der Waals surface area contributed by atoms with Crippen LogP contribution >= 0.6 is 11.3 Å². The van der Waals surface area contributed by atoms with Crippen molar-refractivity contribution in [1.29, 1.82) is 0 Å². The highest BCUT2D eigenvalue weighted by atomic mass is 32.1. The molecule has 0 spiro atoms. The van der Waals surface area contributed by atoms with E-state index in [4.69, 9.17) is 0 Å². The minimum Gasteiger partial charge on any atom is -0.207 e. The van der Waals surface area contributed by atoms with Crippen LogP contribution in [0.25, 0.3) is 10.4 Å². The maximum atomic E-state index is 13.0. The molecule has 2 heteroatoms. The summed E-state index contributed by atoms with van der Waals surface area (Å²) in [6.07, 6.45) is 5.74. The number of rotatable bonds is 3. The van der Waals surface area contributed by atoms with Gasteiger partial charge < -0.3 is 0 Å². The number of allylic oxidation sites excluding steroid dienone is 4. The first-order valence-electron chi connectivity index (χ1n) is 7.32. The van der Waals surface area contributed by atoms with Gasteiger partial charge in [-0.15, -0.1) is 11.3 Å². The van der Waals surface area contributed by atoms with Crippen LogP contribution in [0.4, 0.5) is 4.39 Å². The van der Waals surface area contributed by atoms with Crippen molar-refractivity contribution in [2.45, 2.75) is 33.1 Å². The molecule has 108 valence electrons. The molecular formula is C19H19FS. The lowest BCUT2D eigenvalue weighted by molar-refractivity contribution is 0.628. The highest BCUT2D eigenvalue weighted by Crippen LogP contribution is 2.32. The van der Waals surface area contributed by atoms with Gasteiger partial charge in [-0.2, -0.15) is 0 Å². The summed E-state index contributed by atoms with van der Waals surface area (Å²) in [6, 6.07) is 11.1. The highest BCUT2D eigenvalue weighted by Gasteiger charge is 2.10. The van der Waals surface area contributed by atoms with E-state index in [2.05, 4.69) is 32.1 Å². The Morgan fingerprint density at radius 2 is 1.76 bits per heavy atom. The minimum absolute atomic E-state index is 0.181. The molecule has 21 heavy (non-hydrogen) atoms. The van der Waals surface area contributed by atoms with Gasteiger partial charge >= 0.3 is 0 Å². The third kappa shape index (κ3) is 3.33. The molecule has 1 aliphatic rings. The first-order valence-corrected chi connectivity index (χ1v) is 8.14. The van der Waals surface area contributed by atoms with Gasteiger partial charge in [-0.3, -0.25) is 0 Å². The summed E-state index contributed by atoms with van der Waals surface area (Å²) < 4.78 is 13.0. The summed E-state index contributed by atoms with van der Waals surface area (Å²) in [6.45, 7) is 4.46. The summed E-state index contributed by atoms with van der Waals surface area (Å²) in [5, 5.41) is 0. The second kappa shape index (κ2) is 5.98. The molecule has 0 atom stereocenters. The fourth-order valence-corrected chi connectivity index (χ4v) is 3.71. The Morgan fingerprint density at radius 3 is 2.52 bits per heavy atom. The van der Waals surface area contributed by atoms with Crippen molar-refractivity contribution in [1.82, 2.24) is 0 Å². The van der Waals surface area contributed by atoms with Gasteiger partial charge in [0.25, 0.3) is 0 Å². The van der Waals surface area contributed by atoms with Crippen LogP contribution in [0, 0.1) is 5.82 Å². The second-order valence-corrected chi connectivity index (χ2v) is 6.91. The SMILES string of the molecule is CC1=CC(Cc2ccc(-c3ccc(F)cc3)s2)=C(C)CC1. The van der Waals surface area contributed by atoms with Crippen LogP contribution in [-0.2, 0) is 6.42 Å². The molecule has 0 N–H and O–H groups in total. The Kier molecular flexibility index (Phi) is 4.07. The molecule has 0 bridgehead atoms.